The van der Waals surface area contributed by atoms with Gasteiger partial charge in [-0.25, -0.2) is 14.2 Å². The smallest absolute Gasteiger partial charge is 0.317 e. The Morgan fingerprint density at radius 3 is 2.63 bits per heavy atom. The molecule has 144 valence electrons. The molecule has 1 aliphatic rings. The van der Waals surface area contributed by atoms with Crippen LogP contribution in [-0.2, 0) is 6.54 Å². The monoisotopic (exact) mass is 371 g/mol. The standard InChI is InChI=1S/C20H26FN5O/c1-25(2)19-9-5-6-16(24-19)14-22-20(27)26-12-10-15(11-13-26)23-18-8-4-3-7-17(18)21/h3-9,15,23H,10-14H2,1-2H3,(H,22,27). The molecule has 0 saturated carbocycles. The maximum absolute atomic E-state index is 13.7. The van der Waals surface area contributed by atoms with E-state index in [0.717, 1.165) is 24.4 Å². The normalized spacial score (nSPS) is 14.7. The molecule has 2 aromatic rings. The van der Waals surface area contributed by atoms with E-state index in [9.17, 15) is 9.18 Å². The van der Waals surface area contributed by atoms with Crippen LogP contribution in [-0.4, -0.2) is 49.1 Å². The largest absolute Gasteiger partial charge is 0.380 e. The lowest BCUT2D eigenvalue weighted by molar-refractivity contribution is 0.183. The zero-order chi connectivity index (χ0) is 19.2. The van der Waals surface area contributed by atoms with Crippen molar-refractivity contribution in [1.82, 2.24) is 15.2 Å². The van der Waals surface area contributed by atoms with Gasteiger partial charge in [-0.3, -0.25) is 0 Å². The number of amides is 2. The highest BCUT2D eigenvalue weighted by Gasteiger charge is 2.23. The Morgan fingerprint density at radius 1 is 1.19 bits per heavy atom. The molecule has 1 aromatic heterocycles. The Balaban J connectivity index is 1.46. The van der Waals surface area contributed by atoms with Crippen LogP contribution in [0.5, 0.6) is 0 Å². The number of nitrogens with one attached hydrogen (secondary N) is 2. The highest BCUT2D eigenvalue weighted by Crippen LogP contribution is 2.19. The number of benzene rings is 1. The second-order valence-electron chi connectivity index (χ2n) is 6.93. The minimum Gasteiger partial charge on any atom is -0.380 e. The number of nitrogens with zero attached hydrogens (tertiary/aromatic N) is 3. The van der Waals surface area contributed by atoms with E-state index in [4.69, 9.17) is 0 Å². The molecule has 2 amide bonds. The molecular formula is C20H26FN5O. The summed E-state index contributed by atoms with van der Waals surface area (Å²) in [5.41, 5.74) is 1.35. The maximum atomic E-state index is 13.7. The molecule has 0 atom stereocenters. The third-order valence-electron chi connectivity index (χ3n) is 4.69. The summed E-state index contributed by atoms with van der Waals surface area (Å²) in [5.74, 6) is 0.618. The van der Waals surface area contributed by atoms with E-state index in [1.165, 1.54) is 6.07 Å². The summed E-state index contributed by atoms with van der Waals surface area (Å²) in [6, 6.07) is 12.5. The van der Waals surface area contributed by atoms with E-state index in [1.807, 2.05) is 43.3 Å². The molecule has 1 fully saturated rings. The summed E-state index contributed by atoms with van der Waals surface area (Å²) in [4.78, 5) is 20.6. The van der Waals surface area contributed by atoms with Gasteiger partial charge < -0.3 is 20.4 Å². The molecular weight excluding hydrogens is 345 g/mol. The van der Waals surface area contributed by atoms with Crippen molar-refractivity contribution in [3.05, 3.63) is 54.0 Å². The number of hydrogen-bond donors (Lipinski definition) is 2. The van der Waals surface area contributed by atoms with Crippen molar-refractivity contribution in [3.8, 4) is 0 Å². The van der Waals surface area contributed by atoms with E-state index in [-0.39, 0.29) is 17.9 Å². The Hall–Kier alpha value is -2.83. The highest BCUT2D eigenvalue weighted by atomic mass is 19.1. The fourth-order valence-electron chi connectivity index (χ4n) is 3.12. The lowest BCUT2D eigenvalue weighted by Gasteiger charge is -2.33. The number of rotatable bonds is 5. The third kappa shape index (κ3) is 5.09. The molecule has 1 aliphatic heterocycles. The van der Waals surface area contributed by atoms with Gasteiger partial charge in [0.25, 0.3) is 0 Å². The molecule has 1 saturated heterocycles. The Bertz CT molecular complexity index is 774. The minimum absolute atomic E-state index is 0.0867. The number of anilines is 2. The third-order valence-corrected chi connectivity index (χ3v) is 4.69. The van der Waals surface area contributed by atoms with Gasteiger partial charge in [0.05, 0.1) is 17.9 Å². The molecule has 3 rings (SSSR count). The van der Waals surface area contributed by atoms with Crippen molar-refractivity contribution in [3.63, 3.8) is 0 Å². The van der Waals surface area contributed by atoms with Gasteiger partial charge in [0.2, 0.25) is 0 Å². The molecule has 7 heteroatoms. The summed E-state index contributed by atoms with van der Waals surface area (Å²) >= 11 is 0. The van der Waals surface area contributed by atoms with Crippen LogP contribution in [0.4, 0.5) is 20.7 Å². The molecule has 1 aromatic carbocycles. The maximum Gasteiger partial charge on any atom is 0.317 e. The number of pyridine rings is 1. The molecule has 2 N–H and O–H groups in total. The van der Waals surface area contributed by atoms with Gasteiger partial charge in [-0.1, -0.05) is 18.2 Å². The number of para-hydroxylation sites is 1. The molecule has 0 bridgehead atoms. The lowest BCUT2D eigenvalue weighted by atomic mass is 10.0. The number of piperidine rings is 1. The van der Waals surface area contributed by atoms with Crippen LogP contribution in [0.3, 0.4) is 0 Å². The molecule has 0 unspecified atom stereocenters. The number of carbonyl (C=O) groups excluding carboxylic acids is 1. The minimum atomic E-state index is -0.245. The summed E-state index contributed by atoms with van der Waals surface area (Å²) < 4.78 is 13.7. The van der Waals surface area contributed by atoms with Crippen LogP contribution in [0.15, 0.2) is 42.5 Å². The van der Waals surface area contributed by atoms with Crippen molar-refractivity contribution in [2.24, 2.45) is 0 Å². The Morgan fingerprint density at radius 2 is 1.93 bits per heavy atom. The van der Waals surface area contributed by atoms with Crippen LogP contribution in [0.2, 0.25) is 0 Å². The van der Waals surface area contributed by atoms with Crippen molar-refractivity contribution < 1.29 is 9.18 Å². The zero-order valence-electron chi connectivity index (χ0n) is 15.8. The van der Waals surface area contributed by atoms with Crippen molar-refractivity contribution in [1.29, 1.82) is 0 Å². The van der Waals surface area contributed by atoms with Crippen LogP contribution in [0, 0.1) is 5.82 Å². The molecule has 2 heterocycles. The average molecular weight is 371 g/mol. The Kier molecular flexibility index (Phi) is 6.11. The van der Waals surface area contributed by atoms with Crippen LogP contribution in [0.1, 0.15) is 18.5 Å². The first-order chi connectivity index (χ1) is 13.0. The predicted molar refractivity (Wildman–Crippen MR) is 105 cm³/mol. The van der Waals surface area contributed by atoms with E-state index >= 15 is 0 Å². The number of hydrogen-bond acceptors (Lipinski definition) is 4. The fourth-order valence-corrected chi connectivity index (χ4v) is 3.12. The van der Waals surface area contributed by atoms with E-state index in [2.05, 4.69) is 15.6 Å². The van der Waals surface area contributed by atoms with E-state index in [1.54, 1.807) is 17.0 Å². The van der Waals surface area contributed by atoms with Gasteiger partial charge in [-0.15, -0.1) is 0 Å². The van der Waals surface area contributed by atoms with Crippen LogP contribution in [0.25, 0.3) is 0 Å². The number of aromatic nitrogens is 1. The molecule has 0 spiro atoms. The second kappa shape index (κ2) is 8.70. The van der Waals surface area contributed by atoms with E-state index < -0.39 is 0 Å². The number of likely N-dealkylation sites (tertiary alicyclic amines) is 1. The number of urea groups is 1. The van der Waals surface area contributed by atoms with Gasteiger partial charge in [0, 0.05) is 33.2 Å². The van der Waals surface area contributed by atoms with Crippen LogP contribution < -0.4 is 15.5 Å². The van der Waals surface area contributed by atoms with Gasteiger partial charge in [0.1, 0.15) is 11.6 Å². The summed E-state index contributed by atoms with van der Waals surface area (Å²) in [6.07, 6.45) is 1.58. The lowest BCUT2D eigenvalue weighted by Crippen LogP contribution is -2.46. The first-order valence-corrected chi connectivity index (χ1v) is 9.20. The molecule has 27 heavy (non-hydrogen) atoms. The second-order valence-corrected chi connectivity index (χ2v) is 6.93. The topological polar surface area (TPSA) is 60.5 Å². The molecule has 6 nitrogen and oxygen atoms in total. The zero-order valence-corrected chi connectivity index (χ0v) is 15.8. The first-order valence-electron chi connectivity index (χ1n) is 9.20. The van der Waals surface area contributed by atoms with Gasteiger partial charge >= 0.3 is 6.03 Å². The quantitative estimate of drug-likeness (QED) is 0.848. The predicted octanol–water partition coefficient (Wildman–Crippen LogP) is 3.07. The van der Waals surface area contributed by atoms with Crippen molar-refractivity contribution in [2.45, 2.75) is 25.4 Å². The van der Waals surface area contributed by atoms with Crippen molar-refractivity contribution >= 4 is 17.5 Å². The summed E-state index contributed by atoms with van der Waals surface area (Å²) in [5, 5.41) is 6.17. The Labute approximate surface area is 159 Å². The SMILES string of the molecule is CN(C)c1cccc(CNC(=O)N2CCC(Nc3ccccc3F)CC2)n1. The van der Waals surface area contributed by atoms with E-state index in [0.29, 0.717) is 25.3 Å². The summed E-state index contributed by atoms with van der Waals surface area (Å²) in [7, 11) is 3.87. The van der Waals surface area contributed by atoms with Crippen molar-refractivity contribution in [2.75, 3.05) is 37.4 Å². The fraction of sp³-hybridized carbons (Fsp3) is 0.400. The van der Waals surface area contributed by atoms with Gasteiger partial charge in [-0.2, -0.15) is 0 Å². The van der Waals surface area contributed by atoms with Gasteiger partial charge in [-0.05, 0) is 37.1 Å². The van der Waals surface area contributed by atoms with Crippen LogP contribution >= 0.6 is 0 Å². The first kappa shape index (κ1) is 18.9. The molecule has 0 radical (unpaired) electrons. The average Bonchev–Trinajstić information content (AvgIpc) is 2.68. The number of carbonyl (C=O) groups is 1. The van der Waals surface area contributed by atoms with Gasteiger partial charge in [0.15, 0.2) is 0 Å². The number of halogens is 1. The molecule has 0 aliphatic carbocycles. The summed E-state index contributed by atoms with van der Waals surface area (Å²) in [6.45, 7) is 1.68. The highest BCUT2D eigenvalue weighted by molar-refractivity contribution is 5.74.